The molecule has 2 fully saturated rings. The lowest BCUT2D eigenvalue weighted by atomic mass is 9.90. The van der Waals surface area contributed by atoms with Crippen LogP contribution < -0.4 is 20.4 Å². The number of aromatic nitrogens is 5. The maximum atomic E-state index is 13.7. The van der Waals surface area contributed by atoms with Gasteiger partial charge >= 0.3 is 6.03 Å². The van der Waals surface area contributed by atoms with Crippen molar-refractivity contribution in [2.45, 2.75) is 63.2 Å². The summed E-state index contributed by atoms with van der Waals surface area (Å²) >= 11 is 0. The van der Waals surface area contributed by atoms with E-state index in [1.54, 1.807) is 30.4 Å². The van der Waals surface area contributed by atoms with Crippen molar-refractivity contribution >= 4 is 23.6 Å². The van der Waals surface area contributed by atoms with E-state index in [-0.39, 0.29) is 24.2 Å². The molecule has 1 aliphatic carbocycles. The number of ether oxygens (including phenoxy) is 1. The van der Waals surface area contributed by atoms with E-state index in [1.807, 2.05) is 60.6 Å². The predicted molar refractivity (Wildman–Crippen MR) is 176 cm³/mol. The number of anilines is 3. The summed E-state index contributed by atoms with van der Waals surface area (Å²) < 4.78 is 7.18. The Balaban J connectivity index is 1.15. The number of benzene rings is 1. The number of aryl methyl sites for hydroxylation is 1. The van der Waals surface area contributed by atoms with Gasteiger partial charge in [-0.25, -0.2) is 14.8 Å². The van der Waals surface area contributed by atoms with E-state index >= 15 is 0 Å². The molecule has 0 unspecified atom stereocenters. The highest BCUT2D eigenvalue weighted by Crippen LogP contribution is 2.31. The first kappa shape index (κ1) is 31.0. The fourth-order valence-electron chi connectivity index (χ4n) is 6.47. The number of nitrogens with zero attached hydrogens (tertiary/aromatic N) is 8. The Morgan fingerprint density at radius 3 is 2.57 bits per heavy atom. The van der Waals surface area contributed by atoms with Crippen LogP contribution in [-0.2, 0) is 18.3 Å². The van der Waals surface area contributed by atoms with Gasteiger partial charge in [-0.15, -0.1) is 0 Å². The molecule has 12 nitrogen and oxygen atoms in total. The quantitative estimate of drug-likeness (QED) is 0.254. The molecule has 1 aliphatic heterocycles. The van der Waals surface area contributed by atoms with Crippen LogP contribution >= 0.6 is 0 Å². The van der Waals surface area contributed by atoms with E-state index in [0.717, 1.165) is 61.8 Å². The van der Waals surface area contributed by atoms with E-state index < -0.39 is 0 Å². The Hall–Kier alpha value is -5.02. The smallest absolute Gasteiger partial charge is 0.323 e. The lowest BCUT2D eigenvalue weighted by Crippen LogP contribution is -2.49. The first-order chi connectivity index (χ1) is 22.5. The van der Waals surface area contributed by atoms with Gasteiger partial charge in [0.25, 0.3) is 0 Å². The van der Waals surface area contributed by atoms with Gasteiger partial charge < -0.3 is 20.3 Å². The first-order valence-corrected chi connectivity index (χ1v) is 15.9. The Bertz CT molecular complexity index is 1640. The Morgan fingerprint density at radius 2 is 1.87 bits per heavy atom. The van der Waals surface area contributed by atoms with Gasteiger partial charge in [-0.2, -0.15) is 15.3 Å². The zero-order chi connectivity index (χ0) is 31.9. The van der Waals surface area contributed by atoms with Crippen molar-refractivity contribution in [2.24, 2.45) is 7.05 Å². The number of amides is 2. The van der Waals surface area contributed by atoms with Crippen molar-refractivity contribution in [2.75, 3.05) is 35.4 Å². The molecule has 4 aromatic rings. The second-order valence-electron chi connectivity index (χ2n) is 12.0. The molecule has 0 bridgehead atoms. The minimum atomic E-state index is -0.168. The topological polar surface area (TPSA) is 137 Å². The predicted octanol–water partition coefficient (Wildman–Crippen LogP) is 4.90. The number of rotatable bonds is 10. The van der Waals surface area contributed by atoms with Gasteiger partial charge in [0.05, 0.1) is 25.0 Å². The number of urea groups is 1. The number of hydrogen-bond acceptors (Lipinski definition) is 9. The fraction of sp³-hybridized carbons (Fsp3) is 0.412. The number of carbonyl (C=O) groups excluding carboxylic acids is 1. The summed E-state index contributed by atoms with van der Waals surface area (Å²) in [6.07, 6.45) is 12.4. The summed E-state index contributed by atoms with van der Waals surface area (Å²) in [4.78, 5) is 31.7. The zero-order valence-electron chi connectivity index (χ0n) is 26.3. The number of nitrogens with one attached hydrogen (secondary N) is 2. The summed E-state index contributed by atoms with van der Waals surface area (Å²) in [7, 11) is 3.58. The maximum absolute atomic E-state index is 13.7. The van der Waals surface area contributed by atoms with Crippen molar-refractivity contribution in [3.63, 3.8) is 0 Å². The number of carbonyl (C=O) groups is 1. The Morgan fingerprint density at radius 1 is 1.04 bits per heavy atom. The van der Waals surface area contributed by atoms with Crippen molar-refractivity contribution in [3.05, 3.63) is 78.4 Å². The van der Waals surface area contributed by atoms with Crippen LogP contribution in [0, 0.1) is 11.3 Å². The molecule has 1 saturated carbocycles. The van der Waals surface area contributed by atoms with Crippen molar-refractivity contribution in [1.29, 1.82) is 5.26 Å². The van der Waals surface area contributed by atoms with Gasteiger partial charge in [0.2, 0.25) is 5.95 Å². The first-order valence-electron chi connectivity index (χ1n) is 15.9. The lowest BCUT2D eigenvalue weighted by molar-refractivity contribution is 0.180. The lowest BCUT2D eigenvalue weighted by Gasteiger charge is -2.36. The number of nitriles is 1. The van der Waals surface area contributed by atoms with Crippen LogP contribution in [0.3, 0.4) is 0 Å². The van der Waals surface area contributed by atoms with Crippen LogP contribution in [0.1, 0.15) is 49.7 Å². The van der Waals surface area contributed by atoms with Crippen LogP contribution in [0.25, 0.3) is 11.1 Å². The maximum Gasteiger partial charge on any atom is 0.323 e. The summed E-state index contributed by atoms with van der Waals surface area (Å²) in [5.74, 6) is 1.80. The van der Waals surface area contributed by atoms with E-state index in [1.165, 1.54) is 0 Å². The molecule has 238 valence electrons. The minimum Gasteiger partial charge on any atom is -0.383 e. The average Bonchev–Trinajstić information content (AvgIpc) is 3.74. The van der Waals surface area contributed by atoms with Gasteiger partial charge in [0.1, 0.15) is 17.5 Å². The standard InChI is InChI=1S/C34H40N10O2/c1-42-22-27(21-39-42)25-10-15-31(36-19-25)44(34(45)38-18-24-7-4-3-5-8-24)29-13-11-28(12-14-29)40-33-37-20-26(17-35)32(41-33)43-16-6-9-30(43)23-46-2/h3-5,7-8,10,15,19-22,28-30H,6,9,11-14,16,18,23H2,1-2H3,(H,38,45)(H,37,40,41)/t28?,29?,30-/m0/s1. The molecule has 0 radical (unpaired) electrons. The molecule has 2 N–H and O–H groups in total. The molecule has 2 amide bonds. The summed E-state index contributed by atoms with van der Waals surface area (Å²) in [6.45, 7) is 1.86. The molecule has 0 spiro atoms. The second kappa shape index (κ2) is 14.4. The third-order valence-electron chi connectivity index (χ3n) is 8.83. The molecule has 1 aromatic carbocycles. The second-order valence-corrected chi connectivity index (χ2v) is 12.0. The molecule has 12 heteroatoms. The fourth-order valence-corrected chi connectivity index (χ4v) is 6.47. The molecule has 3 aromatic heterocycles. The highest BCUT2D eigenvalue weighted by atomic mass is 16.5. The zero-order valence-corrected chi connectivity index (χ0v) is 26.3. The normalized spacial score (nSPS) is 19.4. The molecule has 46 heavy (non-hydrogen) atoms. The average molecular weight is 621 g/mol. The minimum absolute atomic E-state index is 0.0255. The van der Waals surface area contributed by atoms with Crippen LogP contribution in [-0.4, -0.2) is 69.2 Å². The van der Waals surface area contributed by atoms with Gasteiger partial charge in [-0.3, -0.25) is 9.58 Å². The van der Waals surface area contributed by atoms with Crippen LogP contribution in [0.2, 0.25) is 0 Å². The van der Waals surface area contributed by atoms with E-state index in [0.29, 0.717) is 36.3 Å². The summed E-state index contributed by atoms with van der Waals surface area (Å²) in [5.41, 5.74) is 3.42. The van der Waals surface area contributed by atoms with Crippen molar-refractivity contribution < 1.29 is 9.53 Å². The van der Waals surface area contributed by atoms with Crippen LogP contribution in [0.15, 0.2) is 67.3 Å². The van der Waals surface area contributed by atoms with Gasteiger partial charge in [0.15, 0.2) is 5.82 Å². The van der Waals surface area contributed by atoms with E-state index in [2.05, 4.69) is 31.7 Å². The Labute approximate surface area is 269 Å². The summed E-state index contributed by atoms with van der Waals surface area (Å²) in [6, 6.07) is 16.2. The highest BCUT2D eigenvalue weighted by molar-refractivity contribution is 5.91. The third-order valence-corrected chi connectivity index (χ3v) is 8.83. The molecule has 4 heterocycles. The summed E-state index contributed by atoms with van der Waals surface area (Å²) in [5, 5.41) is 20.6. The Kier molecular flexibility index (Phi) is 9.69. The van der Waals surface area contributed by atoms with Gasteiger partial charge in [-0.1, -0.05) is 30.3 Å². The highest BCUT2D eigenvalue weighted by Gasteiger charge is 2.32. The molecule has 1 atom stereocenters. The molecular weight excluding hydrogens is 580 g/mol. The van der Waals surface area contributed by atoms with Crippen molar-refractivity contribution in [1.82, 2.24) is 30.0 Å². The largest absolute Gasteiger partial charge is 0.383 e. The van der Waals surface area contributed by atoms with Crippen LogP contribution in [0.5, 0.6) is 0 Å². The van der Waals surface area contributed by atoms with Crippen LogP contribution in [0.4, 0.5) is 22.4 Å². The van der Waals surface area contributed by atoms with E-state index in [4.69, 9.17) is 14.7 Å². The molecule has 1 saturated heterocycles. The van der Waals surface area contributed by atoms with Crippen molar-refractivity contribution in [3.8, 4) is 17.2 Å². The SMILES string of the molecule is COC[C@@H]1CCCN1c1nc(NC2CCC(N(C(=O)NCc3ccccc3)c3ccc(-c4cnn(C)c4)cn3)CC2)ncc1C#N. The third kappa shape index (κ3) is 7.10. The molecule has 2 aliphatic rings. The van der Waals surface area contributed by atoms with Gasteiger partial charge in [0, 0.05) is 62.9 Å². The monoisotopic (exact) mass is 620 g/mol. The molecule has 6 rings (SSSR count). The number of pyridine rings is 1. The molecular formula is C34H40N10O2. The van der Waals surface area contributed by atoms with E-state index in [9.17, 15) is 10.1 Å². The number of methoxy groups -OCH3 is 1. The van der Waals surface area contributed by atoms with Gasteiger partial charge in [-0.05, 0) is 56.2 Å². The number of hydrogen-bond donors (Lipinski definition) is 2.